The average Bonchev–Trinajstić information content (AvgIpc) is 3.10. The van der Waals surface area contributed by atoms with Gasteiger partial charge in [0.25, 0.3) is 0 Å². The maximum absolute atomic E-state index is 13.6. The summed E-state index contributed by atoms with van der Waals surface area (Å²) in [4.78, 5) is 29.7. The first-order chi connectivity index (χ1) is 17.4. The molecule has 210 valence electrons. The first-order valence-electron chi connectivity index (χ1n) is 11.9. The third-order valence-corrected chi connectivity index (χ3v) is 6.82. The number of carbonyl (C=O) groups is 2. The number of aliphatic hydroxyl groups is 2. The van der Waals surface area contributed by atoms with Crippen LogP contribution in [0.4, 0.5) is 0 Å². The van der Waals surface area contributed by atoms with E-state index in [0.717, 1.165) is 0 Å². The van der Waals surface area contributed by atoms with Gasteiger partial charge in [-0.1, -0.05) is 20.4 Å². The Bertz CT molecular complexity index is 927. The Labute approximate surface area is 216 Å². The Morgan fingerprint density at radius 2 is 1.92 bits per heavy atom. The number of nitrogens with two attached hydrogens (primary N) is 1. The fraction of sp³-hybridized carbons (Fsp3) is 0.682. The van der Waals surface area contributed by atoms with Crippen LogP contribution < -0.4 is 10.8 Å². The van der Waals surface area contributed by atoms with E-state index < -0.39 is 63.5 Å². The number of nitrogens with zero attached hydrogens (tertiary/aromatic N) is 2. The first kappa shape index (κ1) is 30.9. The summed E-state index contributed by atoms with van der Waals surface area (Å²) in [6.07, 6.45) is -1.95. The molecule has 5 N–H and O–H groups in total. The lowest BCUT2D eigenvalue weighted by Crippen LogP contribution is -2.42. The van der Waals surface area contributed by atoms with Crippen LogP contribution >= 0.6 is 7.75 Å². The maximum Gasteiger partial charge on any atom is 0.406 e. The zero-order valence-electron chi connectivity index (χ0n) is 21.4. The summed E-state index contributed by atoms with van der Waals surface area (Å²) >= 11 is 0. The summed E-state index contributed by atoms with van der Waals surface area (Å²) in [7, 11) is -4.37. The highest BCUT2D eigenvalue weighted by Crippen LogP contribution is 2.46. The molecule has 1 saturated heterocycles. The molecule has 37 heavy (non-hydrogen) atoms. The van der Waals surface area contributed by atoms with Crippen LogP contribution in [0.1, 0.15) is 34.1 Å². The van der Waals surface area contributed by atoms with E-state index in [1.54, 1.807) is 13.8 Å². The molecule has 0 amide bonds. The van der Waals surface area contributed by atoms with Crippen LogP contribution in [0.15, 0.2) is 29.7 Å². The van der Waals surface area contributed by atoms with Gasteiger partial charge in [0.1, 0.15) is 36.0 Å². The van der Waals surface area contributed by atoms with Crippen LogP contribution in [0.5, 0.6) is 0 Å². The van der Waals surface area contributed by atoms with Gasteiger partial charge in [-0.2, -0.15) is 0 Å². The van der Waals surface area contributed by atoms with Crippen LogP contribution in [0, 0.1) is 5.92 Å². The number of rotatable bonds is 14. The molecular weight excluding hydrogens is 511 g/mol. The topological polar surface area (TPSA) is 191 Å². The van der Waals surface area contributed by atoms with E-state index in [0.29, 0.717) is 0 Å². The number of amidine groups is 1. The lowest BCUT2D eigenvalue weighted by atomic mass is 10.1. The Morgan fingerprint density at radius 1 is 1.24 bits per heavy atom. The van der Waals surface area contributed by atoms with E-state index in [-0.39, 0.29) is 37.2 Å². The maximum atomic E-state index is 13.6. The number of aliphatic hydroxyl groups excluding tert-OH is 2. The van der Waals surface area contributed by atoms with Gasteiger partial charge in [0.05, 0.1) is 19.8 Å². The minimum absolute atomic E-state index is 0.00121. The van der Waals surface area contributed by atoms with Crippen molar-refractivity contribution >= 4 is 25.5 Å². The SMILES string of the molecule is C=C1N=C(N)C=CN1C1O[C@H](COP(=O)(N[C@@H](CC(C)C)C(=O)OCC)OCC(=O)OCC)C(O)[C@H]1O. The molecule has 14 nitrogen and oxygen atoms in total. The molecule has 0 aromatic carbocycles. The summed E-state index contributed by atoms with van der Waals surface area (Å²) in [5, 5.41) is 23.6. The van der Waals surface area contributed by atoms with Crippen LogP contribution in [0.3, 0.4) is 0 Å². The number of aliphatic imine (C=N–C) groups is 1. The van der Waals surface area contributed by atoms with Gasteiger partial charge in [0.2, 0.25) is 0 Å². The quantitative estimate of drug-likeness (QED) is 0.172. The molecule has 0 saturated carbocycles. The highest BCUT2D eigenvalue weighted by atomic mass is 31.2. The van der Waals surface area contributed by atoms with Gasteiger partial charge >= 0.3 is 19.7 Å². The largest absolute Gasteiger partial charge is 0.465 e. The minimum Gasteiger partial charge on any atom is -0.465 e. The zero-order chi connectivity index (χ0) is 27.8. The predicted molar refractivity (Wildman–Crippen MR) is 132 cm³/mol. The van der Waals surface area contributed by atoms with Gasteiger partial charge < -0.3 is 35.1 Å². The van der Waals surface area contributed by atoms with Crippen molar-refractivity contribution in [3.05, 3.63) is 24.7 Å². The summed E-state index contributed by atoms with van der Waals surface area (Å²) in [5.74, 6) is -1.10. The Kier molecular flexibility index (Phi) is 11.7. The molecule has 2 heterocycles. The van der Waals surface area contributed by atoms with E-state index in [4.69, 9.17) is 29.0 Å². The Hall–Kier alpha value is -2.32. The number of hydrogen-bond donors (Lipinski definition) is 4. The van der Waals surface area contributed by atoms with Crippen LogP contribution in [0.2, 0.25) is 0 Å². The molecule has 3 unspecified atom stereocenters. The van der Waals surface area contributed by atoms with E-state index >= 15 is 0 Å². The molecule has 0 spiro atoms. The number of esters is 2. The van der Waals surface area contributed by atoms with Crippen molar-refractivity contribution in [2.75, 3.05) is 26.4 Å². The fourth-order valence-corrected chi connectivity index (χ4v) is 4.98. The molecule has 0 aromatic rings. The molecule has 2 aliphatic rings. The number of carbonyl (C=O) groups excluding carboxylic acids is 2. The summed E-state index contributed by atoms with van der Waals surface area (Å²) in [6, 6.07) is -1.08. The van der Waals surface area contributed by atoms with Crippen molar-refractivity contribution in [3.8, 4) is 0 Å². The third-order valence-electron chi connectivity index (χ3n) is 5.23. The third kappa shape index (κ3) is 8.88. The van der Waals surface area contributed by atoms with Crippen molar-refractivity contribution in [1.82, 2.24) is 9.99 Å². The molecule has 0 bridgehead atoms. The second-order valence-corrected chi connectivity index (χ2v) is 10.4. The highest BCUT2D eigenvalue weighted by molar-refractivity contribution is 7.51. The monoisotopic (exact) mass is 548 g/mol. The van der Waals surface area contributed by atoms with Crippen LogP contribution in [-0.2, 0) is 37.4 Å². The Morgan fingerprint density at radius 3 is 2.51 bits per heavy atom. The van der Waals surface area contributed by atoms with E-state index in [1.807, 2.05) is 13.8 Å². The number of hydrogen-bond acceptors (Lipinski definition) is 13. The molecule has 0 aliphatic carbocycles. The standard InChI is InChI=1S/C22H37N4O10P/c1-6-32-18(27)12-35-37(31,25-15(10-13(3)4)22(30)33-7-2)34-11-16-19(28)20(29)21(36-16)26-9-8-17(23)24-14(26)5/h8-9,13,15-16,19-21,28-29H,5-7,10-12H2,1-4H3,(H2,23,24)(H,25,31)/t15-,16+,19?,20+,21?,37?/m0/s1. The van der Waals surface area contributed by atoms with E-state index in [1.165, 1.54) is 17.2 Å². The van der Waals surface area contributed by atoms with Crippen LogP contribution in [-0.4, -0.2) is 89.9 Å². The molecule has 2 rings (SSSR count). The molecule has 2 aliphatic heterocycles. The molecule has 0 aromatic heterocycles. The molecule has 0 radical (unpaired) electrons. The zero-order valence-corrected chi connectivity index (χ0v) is 22.3. The molecular formula is C22H37N4O10P. The number of nitrogens with one attached hydrogen (secondary N) is 1. The summed E-state index contributed by atoms with van der Waals surface area (Å²) in [6.45, 7) is 9.58. The summed E-state index contributed by atoms with van der Waals surface area (Å²) in [5.41, 5.74) is 5.63. The van der Waals surface area contributed by atoms with Crippen molar-refractivity contribution in [2.45, 2.75) is 64.7 Å². The minimum atomic E-state index is -4.37. The molecule has 15 heteroatoms. The van der Waals surface area contributed by atoms with Gasteiger partial charge in [-0.05, 0) is 32.3 Å². The molecule has 1 fully saturated rings. The van der Waals surface area contributed by atoms with E-state index in [9.17, 15) is 24.4 Å². The van der Waals surface area contributed by atoms with E-state index in [2.05, 4.69) is 16.7 Å². The van der Waals surface area contributed by atoms with Gasteiger partial charge in [0.15, 0.2) is 12.8 Å². The number of ether oxygens (including phenoxy) is 3. The fourth-order valence-electron chi connectivity index (χ4n) is 3.55. The van der Waals surface area contributed by atoms with Crippen molar-refractivity contribution in [2.24, 2.45) is 16.6 Å². The second-order valence-electron chi connectivity index (χ2n) is 8.66. The average molecular weight is 549 g/mol. The van der Waals surface area contributed by atoms with Crippen molar-refractivity contribution in [1.29, 1.82) is 0 Å². The first-order valence-corrected chi connectivity index (χ1v) is 13.4. The smallest absolute Gasteiger partial charge is 0.406 e. The summed E-state index contributed by atoms with van der Waals surface area (Å²) < 4.78 is 39.9. The second kappa shape index (κ2) is 14.0. The molecule has 6 atom stereocenters. The van der Waals surface area contributed by atoms with Crippen molar-refractivity contribution < 1.29 is 47.6 Å². The van der Waals surface area contributed by atoms with Gasteiger partial charge in [-0.3, -0.25) is 13.8 Å². The van der Waals surface area contributed by atoms with Gasteiger partial charge in [0, 0.05) is 6.20 Å². The lowest BCUT2D eigenvalue weighted by Gasteiger charge is -2.30. The lowest BCUT2D eigenvalue weighted by molar-refractivity contribution is -0.145. The van der Waals surface area contributed by atoms with Crippen molar-refractivity contribution in [3.63, 3.8) is 0 Å². The van der Waals surface area contributed by atoms with Gasteiger partial charge in [-0.25, -0.2) is 19.4 Å². The van der Waals surface area contributed by atoms with Crippen LogP contribution in [0.25, 0.3) is 0 Å². The highest BCUT2D eigenvalue weighted by Gasteiger charge is 2.47. The van der Waals surface area contributed by atoms with Gasteiger partial charge in [-0.15, -0.1) is 0 Å². The Balaban J connectivity index is 2.16. The predicted octanol–water partition coefficient (Wildman–Crippen LogP) is 0.363. The normalized spacial score (nSPS) is 26.1.